The number of benzene rings is 1. The molecule has 2 rings (SSSR count). The van der Waals surface area contributed by atoms with Gasteiger partial charge in [-0.2, -0.15) is 0 Å². The van der Waals surface area contributed by atoms with E-state index in [0.29, 0.717) is 18.3 Å². The summed E-state index contributed by atoms with van der Waals surface area (Å²) in [6, 6.07) is 5.84. The molecule has 0 aliphatic carbocycles. The van der Waals surface area contributed by atoms with Crippen molar-refractivity contribution in [3.63, 3.8) is 0 Å². The third kappa shape index (κ3) is 4.46. The molecular formula is C14H17BrN2O3S. The zero-order valence-electron chi connectivity index (χ0n) is 11.9. The highest BCUT2D eigenvalue weighted by atomic mass is 79.9. The van der Waals surface area contributed by atoms with E-state index in [0.717, 1.165) is 15.5 Å². The van der Waals surface area contributed by atoms with Crippen molar-refractivity contribution >= 4 is 44.7 Å². The molecule has 0 saturated carbocycles. The minimum atomic E-state index is -0.849. The van der Waals surface area contributed by atoms with E-state index in [-0.39, 0.29) is 11.9 Å². The lowest BCUT2D eigenvalue weighted by molar-refractivity contribution is -0.133. The standard InChI is InChI=1S/C14H17BrN2O3S/c1-9(2)20-6-5-17-12-7-10(15)3-4-11(12)16-14(17)21-8-13(18)19/h3-4,7,9H,5-6,8H2,1-2H3,(H,18,19). The van der Waals surface area contributed by atoms with Crippen molar-refractivity contribution in [2.75, 3.05) is 12.4 Å². The maximum Gasteiger partial charge on any atom is 0.313 e. The molecule has 0 radical (unpaired) electrons. The molecule has 2 aromatic rings. The first-order valence-electron chi connectivity index (χ1n) is 6.59. The normalized spacial score (nSPS) is 11.4. The molecule has 0 fully saturated rings. The number of fused-ring (bicyclic) bond motifs is 1. The molecule has 0 unspecified atom stereocenters. The predicted molar refractivity (Wildman–Crippen MR) is 86.9 cm³/mol. The first-order valence-corrected chi connectivity index (χ1v) is 8.37. The van der Waals surface area contributed by atoms with Crippen molar-refractivity contribution in [3.05, 3.63) is 22.7 Å². The number of aromatic nitrogens is 2. The van der Waals surface area contributed by atoms with Crippen molar-refractivity contribution < 1.29 is 14.6 Å². The smallest absolute Gasteiger partial charge is 0.313 e. The lowest BCUT2D eigenvalue weighted by Gasteiger charge is -2.11. The number of imidazole rings is 1. The number of hydrogen-bond donors (Lipinski definition) is 1. The summed E-state index contributed by atoms with van der Waals surface area (Å²) in [4.78, 5) is 15.3. The van der Waals surface area contributed by atoms with Crippen LogP contribution < -0.4 is 0 Å². The van der Waals surface area contributed by atoms with Crippen molar-refractivity contribution in [1.29, 1.82) is 0 Å². The zero-order chi connectivity index (χ0) is 15.4. The van der Waals surface area contributed by atoms with Gasteiger partial charge >= 0.3 is 5.97 Å². The van der Waals surface area contributed by atoms with E-state index in [1.54, 1.807) is 0 Å². The Balaban J connectivity index is 2.28. The van der Waals surface area contributed by atoms with Crippen LogP contribution in [-0.4, -0.2) is 39.1 Å². The van der Waals surface area contributed by atoms with Crippen LogP contribution in [0.1, 0.15) is 13.8 Å². The molecule has 1 N–H and O–H groups in total. The van der Waals surface area contributed by atoms with Crippen LogP contribution in [0.25, 0.3) is 11.0 Å². The van der Waals surface area contributed by atoms with E-state index >= 15 is 0 Å². The van der Waals surface area contributed by atoms with E-state index in [4.69, 9.17) is 9.84 Å². The number of nitrogens with zero attached hydrogens (tertiary/aromatic N) is 2. The first-order chi connectivity index (χ1) is 9.97. The molecule has 0 spiro atoms. The number of ether oxygens (including phenoxy) is 1. The Bertz CT molecular complexity index is 642. The minimum absolute atomic E-state index is 0.00444. The van der Waals surface area contributed by atoms with Crippen LogP contribution in [0, 0.1) is 0 Å². The SMILES string of the molecule is CC(C)OCCn1c(SCC(=O)O)nc2ccc(Br)cc21. The molecule has 0 bridgehead atoms. The minimum Gasteiger partial charge on any atom is -0.481 e. The highest BCUT2D eigenvalue weighted by molar-refractivity contribution is 9.10. The van der Waals surface area contributed by atoms with Gasteiger partial charge in [-0.15, -0.1) is 0 Å². The lowest BCUT2D eigenvalue weighted by Crippen LogP contribution is -2.11. The van der Waals surface area contributed by atoms with Crippen LogP contribution in [0.2, 0.25) is 0 Å². The van der Waals surface area contributed by atoms with Crippen LogP contribution >= 0.6 is 27.7 Å². The van der Waals surface area contributed by atoms with E-state index in [1.165, 1.54) is 11.8 Å². The molecule has 1 heterocycles. The summed E-state index contributed by atoms with van der Waals surface area (Å²) in [7, 11) is 0. The number of carboxylic acids is 1. The number of rotatable bonds is 7. The van der Waals surface area contributed by atoms with Crippen LogP contribution in [0.5, 0.6) is 0 Å². The van der Waals surface area contributed by atoms with Gasteiger partial charge in [-0.05, 0) is 32.0 Å². The van der Waals surface area contributed by atoms with Gasteiger partial charge in [0.2, 0.25) is 0 Å². The van der Waals surface area contributed by atoms with Crippen molar-refractivity contribution in [3.8, 4) is 0 Å². The van der Waals surface area contributed by atoms with Crippen LogP contribution in [0.4, 0.5) is 0 Å². The van der Waals surface area contributed by atoms with Gasteiger partial charge in [-0.25, -0.2) is 4.98 Å². The van der Waals surface area contributed by atoms with Gasteiger partial charge in [0.25, 0.3) is 0 Å². The van der Waals surface area contributed by atoms with Gasteiger partial charge in [0.15, 0.2) is 5.16 Å². The summed E-state index contributed by atoms with van der Waals surface area (Å²) in [5.74, 6) is -0.853. The number of hydrogen-bond acceptors (Lipinski definition) is 4. The van der Waals surface area contributed by atoms with E-state index in [9.17, 15) is 4.79 Å². The van der Waals surface area contributed by atoms with Gasteiger partial charge in [0.05, 0.1) is 29.5 Å². The Morgan fingerprint density at radius 3 is 2.95 bits per heavy atom. The fourth-order valence-corrected chi connectivity index (χ4v) is 3.02. The Labute approximate surface area is 135 Å². The molecule has 7 heteroatoms. The van der Waals surface area contributed by atoms with Crippen LogP contribution in [0.15, 0.2) is 27.8 Å². The zero-order valence-corrected chi connectivity index (χ0v) is 14.3. The van der Waals surface area contributed by atoms with Gasteiger partial charge in [-0.3, -0.25) is 4.79 Å². The van der Waals surface area contributed by atoms with Crippen molar-refractivity contribution in [1.82, 2.24) is 9.55 Å². The quantitative estimate of drug-likeness (QED) is 0.754. The highest BCUT2D eigenvalue weighted by Crippen LogP contribution is 2.26. The Kier molecular flexibility index (Phi) is 5.66. The number of aliphatic carboxylic acids is 1. The second-order valence-electron chi connectivity index (χ2n) is 4.78. The molecule has 114 valence electrons. The first kappa shape index (κ1) is 16.3. The molecule has 0 atom stereocenters. The summed E-state index contributed by atoms with van der Waals surface area (Å²) >= 11 is 4.68. The Morgan fingerprint density at radius 2 is 2.29 bits per heavy atom. The molecular weight excluding hydrogens is 356 g/mol. The lowest BCUT2D eigenvalue weighted by atomic mass is 10.3. The summed E-state index contributed by atoms with van der Waals surface area (Å²) in [6.45, 7) is 5.19. The largest absolute Gasteiger partial charge is 0.481 e. The van der Waals surface area contributed by atoms with Gasteiger partial charge < -0.3 is 14.4 Å². The summed E-state index contributed by atoms with van der Waals surface area (Å²) in [5, 5.41) is 9.55. The third-order valence-electron chi connectivity index (χ3n) is 2.77. The molecule has 0 saturated heterocycles. The van der Waals surface area contributed by atoms with Gasteiger partial charge in [0, 0.05) is 11.0 Å². The van der Waals surface area contributed by atoms with Crippen LogP contribution in [0.3, 0.4) is 0 Å². The van der Waals surface area contributed by atoms with Gasteiger partial charge in [-0.1, -0.05) is 27.7 Å². The second-order valence-corrected chi connectivity index (χ2v) is 6.64. The van der Waals surface area contributed by atoms with Crippen molar-refractivity contribution in [2.24, 2.45) is 0 Å². The Morgan fingerprint density at radius 1 is 1.52 bits per heavy atom. The topological polar surface area (TPSA) is 64.3 Å². The predicted octanol–water partition coefficient (Wildman–Crippen LogP) is 3.40. The fourth-order valence-electron chi connectivity index (χ4n) is 1.91. The number of halogens is 1. The molecule has 0 amide bonds. The number of thioether (sulfide) groups is 1. The highest BCUT2D eigenvalue weighted by Gasteiger charge is 2.13. The van der Waals surface area contributed by atoms with Crippen LogP contribution in [-0.2, 0) is 16.1 Å². The Hall–Kier alpha value is -1.05. The molecule has 5 nitrogen and oxygen atoms in total. The molecule has 21 heavy (non-hydrogen) atoms. The average molecular weight is 373 g/mol. The van der Waals surface area contributed by atoms with E-state index in [1.807, 2.05) is 36.6 Å². The molecule has 1 aromatic heterocycles. The average Bonchev–Trinajstić information content (AvgIpc) is 2.74. The monoisotopic (exact) mass is 372 g/mol. The fraction of sp³-hybridized carbons (Fsp3) is 0.429. The van der Waals surface area contributed by atoms with Gasteiger partial charge in [0.1, 0.15) is 0 Å². The van der Waals surface area contributed by atoms with E-state index in [2.05, 4.69) is 20.9 Å². The number of carboxylic acid groups (broad SMARTS) is 1. The summed E-state index contributed by atoms with van der Waals surface area (Å²) in [6.07, 6.45) is 0.168. The third-order valence-corrected chi connectivity index (χ3v) is 4.22. The molecule has 0 aliphatic rings. The van der Waals surface area contributed by atoms with Crippen molar-refractivity contribution in [2.45, 2.75) is 31.7 Å². The maximum atomic E-state index is 10.8. The maximum absolute atomic E-state index is 10.8. The summed E-state index contributed by atoms with van der Waals surface area (Å²) < 4.78 is 8.57. The number of carbonyl (C=O) groups is 1. The molecule has 1 aromatic carbocycles. The summed E-state index contributed by atoms with van der Waals surface area (Å²) in [5.41, 5.74) is 1.83. The second kappa shape index (κ2) is 7.29. The molecule has 0 aliphatic heterocycles. The van der Waals surface area contributed by atoms with E-state index < -0.39 is 5.97 Å².